The van der Waals surface area contributed by atoms with Gasteiger partial charge in [0.25, 0.3) is 0 Å². The Morgan fingerprint density at radius 3 is 2.70 bits per heavy atom. The first kappa shape index (κ1) is 8.11. The van der Waals surface area contributed by atoms with Crippen LogP contribution in [0, 0.1) is 0 Å². The maximum Gasteiger partial charge on any atom is 0.106 e. The SMILES string of the molecule is [B][B][C@H]1CC(O)C(CO)O1. The van der Waals surface area contributed by atoms with E-state index in [1.165, 1.54) is 7.17 Å². The summed E-state index contributed by atoms with van der Waals surface area (Å²) in [7, 11) is 6.56. The molecule has 1 aliphatic rings. The Kier molecular flexibility index (Phi) is 2.77. The molecule has 3 nitrogen and oxygen atoms in total. The van der Waals surface area contributed by atoms with Crippen LogP contribution in [-0.4, -0.2) is 49.9 Å². The van der Waals surface area contributed by atoms with Crippen molar-refractivity contribution in [1.82, 2.24) is 0 Å². The van der Waals surface area contributed by atoms with Crippen LogP contribution in [0.2, 0.25) is 0 Å². The van der Waals surface area contributed by atoms with E-state index in [9.17, 15) is 0 Å². The fourth-order valence-corrected chi connectivity index (χ4v) is 1.05. The van der Waals surface area contributed by atoms with Crippen molar-refractivity contribution in [3.63, 3.8) is 0 Å². The highest BCUT2D eigenvalue weighted by Gasteiger charge is 2.31. The van der Waals surface area contributed by atoms with Crippen LogP contribution in [0.5, 0.6) is 0 Å². The quantitative estimate of drug-likeness (QED) is 0.445. The van der Waals surface area contributed by atoms with Crippen molar-refractivity contribution in [1.29, 1.82) is 0 Å². The summed E-state index contributed by atoms with van der Waals surface area (Å²) < 4.78 is 5.09. The summed E-state index contributed by atoms with van der Waals surface area (Å²) in [5.41, 5.74) is 0. The molecule has 2 N–H and O–H groups in total. The lowest BCUT2D eigenvalue weighted by molar-refractivity contribution is -0.00434. The standard InChI is InChI=1S/C5H9B2O3/c6-7-5-1-3(9)4(2-8)10-5/h3-5,8-9H,1-2H2/t3?,4?,5-/m1/s1. The van der Waals surface area contributed by atoms with E-state index in [-0.39, 0.29) is 12.6 Å². The molecule has 1 aliphatic heterocycles. The van der Waals surface area contributed by atoms with Crippen molar-refractivity contribution >= 4 is 14.9 Å². The number of hydrogen-bond acceptors (Lipinski definition) is 3. The molecule has 53 valence electrons. The van der Waals surface area contributed by atoms with Gasteiger partial charge in [0.15, 0.2) is 0 Å². The van der Waals surface area contributed by atoms with Gasteiger partial charge in [0.2, 0.25) is 0 Å². The van der Waals surface area contributed by atoms with Crippen LogP contribution in [0.4, 0.5) is 0 Å². The van der Waals surface area contributed by atoms with E-state index in [0.717, 1.165) is 0 Å². The van der Waals surface area contributed by atoms with Crippen LogP contribution >= 0.6 is 0 Å². The highest BCUT2D eigenvalue weighted by molar-refractivity contribution is 6.90. The third-order valence-electron chi connectivity index (χ3n) is 1.65. The molecule has 0 bridgehead atoms. The summed E-state index contributed by atoms with van der Waals surface area (Å²) in [6, 6.07) is -0.202. The second kappa shape index (κ2) is 3.42. The summed E-state index contributed by atoms with van der Waals surface area (Å²) in [5, 5.41) is 17.7. The maximum atomic E-state index is 9.13. The molecule has 1 fully saturated rings. The van der Waals surface area contributed by atoms with Gasteiger partial charge in [-0.05, 0) is 6.42 Å². The lowest BCUT2D eigenvalue weighted by Gasteiger charge is -2.09. The minimum Gasteiger partial charge on any atom is -0.394 e. The molecule has 0 amide bonds. The Morgan fingerprint density at radius 2 is 2.40 bits per heavy atom. The first-order chi connectivity index (χ1) is 4.77. The zero-order valence-electron chi connectivity index (χ0n) is 5.60. The molecule has 5 heteroatoms. The third kappa shape index (κ3) is 1.54. The Bertz CT molecular complexity index is 111. The van der Waals surface area contributed by atoms with E-state index >= 15 is 0 Å². The monoisotopic (exact) mass is 139 g/mol. The van der Waals surface area contributed by atoms with Crippen LogP contribution in [-0.2, 0) is 4.74 Å². The van der Waals surface area contributed by atoms with Gasteiger partial charge in [-0.15, -0.1) is 0 Å². The van der Waals surface area contributed by atoms with E-state index in [1.807, 2.05) is 0 Å². The topological polar surface area (TPSA) is 49.7 Å². The van der Waals surface area contributed by atoms with Gasteiger partial charge >= 0.3 is 0 Å². The molecular weight excluding hydrogens is 130 g/mol. The van der Waals surface area contributed by atoms with Crippen LogP contribution in [0.25, 0.3) is 0 Å². The minimum atomic E-state index is -0.574. The van der Waals surface area contributed by atoms with Gasteiger partial charge in [0.05, 0.1) is 19.9 Å². The molecule has 1 rings (SSSR count). The van der Waals surface area contributed by atoms with Crippen LogP contribution in [0.3, 0.4) is 0 Å². The van der Waals surface area contributed by atoms with Gasteiger partial charge in [-0.3, -0.25) is 0 Å². The zero-order valence-corrected chi connectivity index (χ0v) is 5.60. The summed E-state index contributed by atoms with van der Waals surface area (Å²) in [5.74, 6) is 0. The average molecular weight is 139 g/mol. The lowest BCUT2D eigenvalue weighted by Crippen LogP contribution is -2.24. The first-order valence-corrected chi connectivity index (χ1v) is 3.27. The molecule has 10 heavy (non-hydrogen) atoms. The number of rotatable bonds is 2. The predicted octanol–water partition coefficient (Wildman–Crippen LogP) is -1.76. The predicted molar refractivity (Wildman–Crippen MR) is 37.9 cm³/mol. The van der Waals surface area contributed by atoms with E-state index in [4.69, 9.17) is 22.7 Å². The molecule has 0 saturated carbocycles. The third-order valence-corrected chi connectivity index (χ3v) is 1.65. The van der Waals surface area contributed by atoms with Gasteiger partial charge in [-0.1, -0.05) is 0 Å². The number of aliphatic hydroxyl groups is 2. The minimum absolute atomic E-state index is 0.147. The number of hydrogen-bond donors (Lipinski definition) is 2. The Labute approximate surface area is 62.0 Å². The van der Waals surface area contributed by atoms with Gasteiger partial charge in [0, 0.05) is 13.7 Å². The molecule has 1 heterocycles. The maximum absolute atomic E-state index is 9.13. The Hall–Kier alpha value is 0.00987. The summed E-state index contributed by atoms with van der Waals surface area (Å²) in [4.78, 5) is 0. The summed E-state index contributed by atoms with van der Waals surface area (Å²) >= 11 is 0. The fraction of sp³-hybridized carbons (Fsp3) is 1.00. The molecule has 3 radical (unpaired) electrons. The number of ether oxygens (including phenoxy) is 1. The second-order valence-electron chi connectivity index (χ2n) is 2.39. The van der Waals surface area contributed by atoms with Crippen LogP contribution in [0.15, 0.2) is 0 Å². The first-order valence-electron chi connectivity index (χ1n) is 3.27. The summed E-state index contributed by atoms with van der Waals surface area (Å²) in [6.07, 6.45) is -0.540. The Morgan fingerprint density at radius 1 is 1.70 bits per heavy atom. The molecule has 0 spiro atoms. The van der Waals surface area contributed by atoms with Gasteiger partial charge in [-0.2, -0.15) is 0 Å². The molecule has 3 atom stereocenters. The molecule has 0 aromatic rings. The highest BCUT2D eigenvalue weighted by atomic mass is 16.5. The smallest absolute Gasteiger partial charge is 0.106 e. The molecule has 0 aromatic carbocycles. The van der Waals surface area contributed by atoms with Crippen molar-refractivity contribution in [3.05, 3.63) is 0 Å². The van der Waals surface area contributed by atoms with E-state index in [1.54, 1.807) is 0 Å². The molecule has 0 aromatic heterocycles. The molecule has 1 saturated heterocycles. The molecular formula is C5H9B2O3. The second-order valence-corrected chi connectivity index (χ2v) is 2.39. The Balaban J connectivity index is 2.36. The van der Waals surface area contributed by atoms with E-state index in [0.29, 0.717) is 6.42 Å². The fourth-order valence-electron chi connectivity index (χ4n) is 1.05. The van der Waals surface area contributed by atoms with Crippen molar-refractivity contribution in [2.45, 2.75) is 24.6 Å². The van der Waals surface area contributed by atoms with E-state index in [2.05, 4.69) is 0 Å². The van der Waals surface area contributed by atoms with Gasteiger partial charge in [0.1, 0.15) is 6.10 Å². The molecule has 2 unspecified atom stereocenters. The normalized spacial score (nSPS) is 40.0. The largest absolute Gasteiger partial charge is 0.394 e. The molecule has 0 aliphatic carbocycles. The number of aliphatic hydroxyl groups excluding tert-OH is 2. The zero-order chi connectivity index (χ0) is 7.56. The van der Waals surface area contributed by atoms with Crippen LogP contribution < -0.4 is 0 Å². The van der Waals surface area contributed by atoms with Crippen molar-refractivity contribution in [2.24, 2.45) is 0 Å². The van der Waals surface area contributed by atoms with Gasteiger partial charge in [-0.25, -0.2) is 0 Å². The van der Waals surface area contributed by atoms with Crippen molar-refractivity contribution in [3.8, 4) is 0 Å². The van der Waals surface area contributed by atoms with Crippen molar-refractivity contribution in [2.75, 3.05) is 6.61 Å². The average Bonchev–Trinajstić information content (AvgIpc) is 2.30. The highest BCUT2D eigenvalue weighted by Crippen LogP contribution is 2.18. The van der Waals surface area contributed by atoms with Crippen molar-refractivity contribution < 1.29 is 14.9 Å². The van der Waals surface area contributed by atoms with E-state index < -0.39 is 12.2 Å². The van der Waals surface area contributed by atoms with Crippen LogP contribution in [0.1, 0.15) is 6.42 Å². The lowest BCUT2D eigenvalue weighted by atomic mass is 9.51. The van der Waals surface area contributed by atoms with Gasteiger partial charge < -0.3 is 14.9 Å². The summed E-state index contributed by atoms with van der Waals surface area (Å²) in [6.45, 7) is -0.147.